The molecule has 0 bridgehead atoms. The van der Waals surface area contributed by atoms with E-state index >= 15 is 0 Å². The van der Waals surface area contributed by atoms with Crippen LogP contribution in [0.4, 0.5) is 0 Å². The van der Waals surface area contributed by atoms with Crippen molar-refractivity contribution in [3.8, 4) is 0 Å². The van der Waals surface area contributed by atoms with Gasteiger partial charge in [-0.25, -0.2) is 0 Å². The largest absolute Gasteiger partial charge is 0.459 e. The summed E-state index contributed by atoms with van der Waals surface area (Å²) in [5.41, 5.74) is 5.07. The third-order valence-electron chi connectivity index (χ3n) is 1.58. The van der Waals surface area contributed by atoms with Gasteiger partial charge in [-0.3, -0.25) is 4.79 Å². The molecule has 0 spiro atoms. The van der Waals surface area contributed by atoms with E-state index in [1.807, 2.05) is 0 Å². The molecule has 64 valence electrons. The SMILES string of the molecule is NCC(=O)OC1CCCOC1. The van der Waals surface area contributed by atoms with Crippen LogP contribution in [0.3, 0.4) is 0 Å². The summed E-state index contributed by atoms with van der Waals surface area (Å²) in [5, 5.41) is 0. The van der Waals surface area contributed by atoms with Crippen molar-refractivity contribution in [2.75, 3.05) is 19.8 Å². The normalized spacial score (nSPS) is 24.6. The van der Waals surface area contributed by atoms with Crippen LogP contribution in [0.25, 0.3) is 0 Å². The zero-order chi connectivity index (χ0) is 8.10. The molecule has 0 aliphatic carbocycles. The zero-order valence-electron chi connectivity index (χ0n) is 6.41. The van der Waals surface area contributed by atoms with E-state index in [0.29, 0.717) is 6.61 Å². The average Bonchev–Trinajstić information content (AvgIpc) is 2.06. The Labute approximate surface area is 65.7 Å². The lowest BCUT2D eigenvalue weighted by Crippen LogP contribution is -2.30. The minimum atomic E-state index is -0.347. The molecule has 4 nitrogen and oxygen atoms in total. The van der Waals surface area contributed by atoms with Crippen molar-refractivity contribution in [2.45, 2.75) is 18.9 Å². The Balaban J connectivity index is 2.19. The number of nitrogens with two attached hydrogens (primary N) is 1. The molecular formula is C7H13NO3. The maximum atomic E-state index is 10.7. The van der Waals surface area contributed by atoms with Crippen LogP contribution in [0.1, 0.15) is 12.8 Å². The standard InChI is InChI=1S/C7H13NO3/c8-4-7(9)11-6-2-1-3-10-5-6/h6H,1-5,8H2. The number of carbonyl (C=O) groups excluding carboxylic acids is 1. The fraction of sp³-hybridized carbons (Fsp3) is 0.857. The summed E-state index contributed by atoms with van der Waals surface area (Å²) in [4.78, 5) is 10.7. The number of hydrogen-bond donors (Lipinski definition) is 1. The van der Waals surface area contributed by atoms with Crippen LogP contribution in [-0.4, -0.2) is 31.8 Å². The summed E-state index contributed by atoms with van der Waals surface area (Å²) >= 11 is 0. The molecule has 0 amide bonds. The third-order valence-corrected chi connectivity index (χ3v) is 1.58. The second-order valence-corrected chi connectivity index (χ2v) is 2.53. The van der Waals surface area contributed by atoms with E-state index < -0.39 is 0 Å². The van der Waals surface area contributed by atoms with Gasteiger partial charge < -0.3 is 15.2 Å². The van der Waals surface area contributed by atoms with Crippen LogP contribution in [-0.2, 0) is 14.3 Å². The van der Waals surface area contributed by atoms with Crippen molar-refractivity contribution in [1.29, 1.82) is 0 Å². The van der Waals surface area contributed by atoms with Gasteiger partial charge in [-0.2, -0.15) is 0 Å². The molecule has 11 heavy (non-hydrogen) atoms. The first-order valence-electron chi connectivity index (χ1n) is 3.80. The molecule has 0 saturated carbocycles. The summed E-state index contributed by atoms with van der Waals surface area (Å²) in [7, 11) is 0. The van der Waals surface area contributed by atoms with Gasteiger partial charge in [0.15, 0.2) is 0 Å². The molecule has 1 unspecified atom stereocenters. The summed E-state index contributed by atoms with van der Waals surface area (Å²) in [6.45, 7) is 1.25. The molecule has 1 aliphatic heterocycles. The Kier molecular flexibility index (Phi) is 3.32. The highest BCUT2D eigenvalue weighted by molar-refractivity contribution is 5.71. The average molecular weight is 159 g/mol. The van der Waals surface area contributed by atoms with Crippen LogP contribution in [0.15, 0.2) is 0 Å². The van der Waals surface area contributed by atoms with Gasteiger partial charge in [0.2, 0.25) is 0 Å². The molecule has 1 rings (SSSR count). The first-order valence-corrected chi connectivity index (χ1v) is 3.80. The van der Waals surface area contributed by atoms with Gasteiger partial charge >= 0.3 is 5.97 Å². The minimum Gasteiger partial charge on any atom is -0.459 e. The minimum absolute atomic E-state index is 0.0451. The fourth-order valence-electron chi connectivity index (χ4n) is 1.04. The van der Waals surface area contributed by atoms with Gasteiger partial charge in [0, 0.05) is 6.61 Å². The molecule has 0 aromatic rings. The van der Waals surface area contributed by atoms with Crippen LogP contribution in [0.5, 0.6) is 0 Å². The number of rotatable bonds is 2. The molecule has 0 radical (unpaired) electrons. The molecule has 0 aromatic heterocycles. The van der Waals surface area contributed by atoms with E-state index in [-0.39, 0.29) is 18.6 Å². The highest BCUT2D eigenvalue weighted by Crippen LogP contribution is 2.09. The summed E-state index contributed by atoms with van der Waals surface area (Å²) in [6.07, 6.45) is 1.79. The van der Waals surface area contributed by atoms with E-state index in [2.05, 4.69) is 0 Å². The maximum absolute atomic E-state index is 10.7. The Hall–Kier alpha value is -0.610. The van der Waals surface area contributed by atoms with E-state index in [1.165, 1.54) is 0 Å². The van der Waals surface area contributed by atoms with Gasteiger partial charge in [-0.05, 0) is 12.8 Å². The molecule has 1 saturated heterocycles. The Morgan fingerprint density at radius 2 is 2.55 bits per heavy atom. The van der Waals surface area contributed by atoms with E-state index in [9.17, 15) is 4.79 Å². The lowest BCUT2D eigenvalue weighted by Gasteiger charge is -2.21. The molecule has 1 fully saturated rings. The molecule has 0 aromatic carbocycles. The topological polar surface area (TPSA) is 61.6 Å². The third kappa shape index (κ3) is 2.86. The highest BCUT2D eigenvalue weighted by atomic mass is 16.6. The van der Waals surface area contributed by atoms with E-state index in [4.69, 9.17) is 15.2 Å². The number of hydrogen-bond acceptors (Lipinski definition) is 4. The first kappa shape index (κ1) is 8.49. The maximum Gasteiger partial charge on any atom is 0.320 e. The predicted octanol–water partition coefficient (Wildman–Crippen LogP) is -0.333. The molecular weight excluding hydrogens is 146 g/mol. The molecule has 2 N–H and O–H groups in total. The molecule has 1 aliphatic rings. The number of esters is 1. The second kappa shape index (κ2) is 4.31. The summed E-state index contributed by atoms with van der Waals surface area (Å²) < 4.78 is 10.1. The van der Waals surface area contributed by atoms with Crippen LogP contribution in [0.2, 0.25) is 0 Å². The Bertz CT molecular complexity index is 132. The van der Waals surface area contributed by atoms with Gasteiger partial charge in [-0.1, -0.05) is 0 Å². The van der Waals surface area contributed by atoms with Crippen molar-refractivity contribution < 1.29 is 14.3 Å². The zero-order valence-corrected chi connectivity index (χ0v) is 6.41. The summed E-state index contributed by atoms with van der Waals surface area (Å²) in [6, 6.07) is 0. The van der Waals surface area contributed by atoms with Gasteiger partial charge in [0.05, 0.1) is 13.2 Å². The monoisotopic (exact) mass is 159 g/mol. The number of carbonyl (C=O) groups is 1. The van der Waals surface area contributed by atoms with Crippen molar-refractivity contribution in [1.82, 2.24) is 0 Å². The van der Waals surface area contributed by atoms with Crippen molar-refractivity contribution >= 4 is 5.97 Å². The number of ether oxygens (including phenoxy) is 2. The first-order chi connectivity index (χ1) is 5.33. The smallest absolute Gasteiger partial charge is 0.320 e. The lowest BCUT2D eigenvalue weighted by molar-refractivity contribution is -0.153. The van der Waals surface area contributed by atoms with Crippen LogP contribution < -0.4 is 5.73 Å². The van der Waals surface area contributed by atoms with Crippen molar-refractivity contribution in [3.63, 3.8) is 0 Å². The molecule has 1 heterocycles. The van der Waals surface area contributed by atoms with Gasteiger partial charge in [0.25, 0.3) is 0 Å². The van der Waals surface area contributed by atoms with E-state index in [1.54, 1.807) is 0 Å². The van der Waals surface area contributed by atoms with Gasteiger partial charge in [0.1, 0.15) is 6.10 Å². The van der Waals surface area contributed by atoms with Crippen molar-refractivity contribution in [2.24, 2.45) is 5.73 Å². The quantitative estimate of drug-likeness (QED) is 0.560. The van der Waals surface area contributed by atoms with Crippen LogP contribution >= 0.6 is 0 Å². The lowest BCUT2D eigenvalue weighted by atomic mass is 10.2. The predicted molar refractivity (Wildman–Crippen MR) is 39.0 cm³/mol. The van der Waals surface area contributed by atoms with Crippen molar-refractivity contribution in [3.05, 3.63) is 0 Å². The van der Waals surface area contributed by atoms with Crippen LogP contribution in [0, 0.1) is 0 Å². The fourth-order valence-corrected chi connectivity index (χ4v) is 1.04. The Morgan fingerprint density at radius 1 is 1.73 bits per heavy atom. The molecule has 4 heteroatoms. The van der Waals surface area contributed by atoms with Gasteiger partial charge in [-0.15, -0.1) is 0 Å². The molecule has 1 atom stereocenters. The van der Waals surface area contributed by atoms with E-state index in [0.717, 1.165) is 19.4 Å². The second-order valence-electron chi connectivity index (χ2n) is 2.53. The highest BCUT2D eigenvalue weighted by Gasteiger charge is 2.16. The Morgan fingerprint density at radius 3 is 3.09 bits per heavy atom. The summed E-state index contributed by atoms with van der Waals surface area (Å²) in [5.74, 6) is -0.347.